The van der Waals surface area contributed by atoms with E-state index in [0.717, 1.165) is 50.4 Å². The van der Waals surface area contributed by atoms with Crippen LogP contribution in [0.5, 0.6) is 0 Å². The van der Waals surface area contributed by atoms with Gasteiger partial charge in [-0.05, 0) is 74.3 Å². The Labute approximate surface area is 190 Å². The topological polar surface area (TPSA) is 55.9 Å². The van der Waals surface area contributed by atoms with Crippen LogP contribution in [0.4, 0.5) is 15.8 Å². The maximum Gasteiger partial charge on any atom is 0.194 e. The number of hydrogen-bond acceptors (Lipinski definition) is 6. The van der Waals surface area contributed by atoms with Gasteiger partial charge in [0.15, 0.2) is 9.84 Å². The fraction of sp³-hybridized carbons (Fsp3) is 0.500. The van der Waals surface area contributed by atoms with Crippen LogP contribution in [0.3, 0.4) is 0 Å². The number of sulfone groups is 1. The van der Waals surface area contributed by atoms with Gasteiger partial charge < -0.3 is 15.1 Å². The van der Waals surface area contributed by atoms with Crippen LogP contribution in [0.15, 0.2) is 53.4 Å². The molecule has 0 amide bonds. The Morgan fingerprint density at radius 2 is 1.66 bits per heavy atom. The Hall–Kier alpha value is -2.16. The molecule has 4 rings (SSSR count). The van der Waals surface area contributed by atoms with Gasteiger partial charge in [-0.15, -0.1) is 0 Å². The first-order valence-corrected chi connectivity index (χ1v) is 12.9. The molecule has 0 radical (unpaired) electrons. The van der Waals surface area contributed by atoms with Crippen molar-refractivity contribution in [2.75, 3.05) is 63.2 Å². The second-order valence-electron chi connectivity index (χ2n) is 8.91. The van der Waals surface area contributed by atoms with Gasteiger partial charge in [0, 0.05) is 51.6 Å². The highest BCUT2D eigenvalue weighted by Crippen LogP contribution is 2.32. The molecule has 0 spiro atoms. The van der Waals surface area contributed by atoms with E-state index in [1.165, 1.54) is 24.3 Å². The van der Waals surface area contributed by atoms with Crippen molar-refractivity contribution in [3.8, 4) is 0 Å². The van der Waals surface area contributed by atoms with E-state index in [0.29, 0.717) is 13.1 Å². The van der Waals surface area contributed by atoms with Crippen LogP contribution in [0.1, 0.15) is 12.8 Å². The smallest absolute Gasteiger partial charge is 0.194 e. The second-order valence-corrected chi connectivity index (χ2v) is 11.0. The molecule has 2 aliphatic rings. The molecule has 2 aliphatic heterocycles. The number of rotatable bonds is 6. The van der Waals surface area contributed by atoms with Gasteiger partial charge in [0.2, 0.25) is 0 Å². The molecule has 6 nitrogen and oxygen atoms in total. The van der Waals surface area contributed by atoms with Crippen molar-refractivity contribution in [1.82, 2.24) is 10.2 Å². The minimum absolute atomic E-state index is 0.0647. The van der Waals surface area contributed by atoms with Crippen LogP contribution in [-0.2, 0) is 9.84 Å². The SMILES string of the molecule is CN(C)c1cccc(N2CCN(C(C3CCNCC3)S(=O)(=O)c3ccc(F)cc3)CC2)c1. The first kappa shape index (κ1) is 23.0. The molecule has 1 N–H and O–H groups in total. The van der Waals surface area contributed by atoms with E-state index >= 15 is 0 Å². The Kier molecular flexibility index (Phi) is 7.02. The van der Waals surface area contributed by atoms with E-state index in [-0.39, 0.29) is 10.8 Å². The summed E-state index contributed by atoms with van der Waals surface area (Å²) in [7, 11) is 0.447. The second kappa shape index (κ2) is 9.77. The van der Waals surface area contributed by atoms with E-state index < -0.39 is 21.0 Å². The molecule has 8 heteroatoms. The first-order valence-electron chi connectivity index (χ1n) is 11.3. The summed E-state index contributed by atoms with van der Waals surface area (Å²) < 4.78 is 40.9. The lowest BCUT2D eigenvalue weighted by Gasteiger charge is -2.43. The highest BCUT2D eigenvalue weighted by atomic mass is 32.2. The van der Waals surface area contributed by atoms with Crippen molar-refractivity contribution in [2.24, 2.45) is 5.92 Å². The molecule has 0 aliphatic carbocycles. The van der Waals surface area contributed by atoms with Gasteiger partial charge in [0.25, 0.3) is 0 Å². The molecule has 2 saturated heterocycles. The van der Waals surface area contributed by atoms with E-state index in [1.54, 1.807) is 0 Å². The van der Waals surface area contributed by atoms with Crippen molar-refractivity contribution in [2.45, 2.75) is 23.1 Å². The van der Waals surface area contributed by atoms with Crippen LogP contribution in [0.2, 0.25) is 0 Å². The third-order valence-corrected chi connectivity index (χ3v) is 8.88. The molecule has 0 aromatic heterocycles. The summed E-state index contributed by atoms with van der Waals surface area (Å²) in [5.41, 5.74) is 2.31. The fourth-order valence-corrected chi connectivity index (χ4v) is 7.02. The zero-order valence-electron chi connectivity index (χ0n) is 18.9. The zero-order chi connectivity index (χ0) is 22.7. The lowest BCUT2D eigenvalue weighted by Crippen LogP contribution is -2.56. The standard InChI is InChI=1S/C24H33FN4O2S/c1-27(2)21-4-3-5-22(18-21)28-14-16-29(17-15-28)24(19-10-12-26-13-11-19)32(30,31)23-8-6-20(25)7-9-23/h3-9,18-19,24,26H,10-17H2,1-2H3. The summed E-state index contributed by atoms with van der Waals surface area (Å²) >= 11 is 0. The third-order valence-electron chi connectivity index (χ3n) is 6.63. The van der Waals surface area contributed by atoms with Crippen LogP contribution < -0.4 is 15.1 Å². The number of halogens is 1. The average Bonchev–Trinajstić information content (AvgIpc) is 2.80. The molecular weight excluding hydrogens is 427 g/mol. The number of piperidine rings is 1. The van der Waals surface area contributed by atoms with E-state index in [9.17, 15) is 12.8 Å². The quantitative estimate of drug-likeness (QED) is 0.669. The minimum atomic E-state index is -3.61. The molecule has 2 heterocycles. The minimum Gasteiger partial charge on any atom is -0.378 e. The summed E-state index contributed by atoms with van der Waals surface area (Å²) in [4.78, 5) is 6.76. The van der Waals surface area contributed by atoms with Crippen LogP contribution >= 0.6 is 0 Å². The van der Waals surface area contributed by atoms with Gasteiger partial charge in [-0.1, -0.05) is 6.07 Å². The number of benzene rings is 2. The molecule has 2 fully saturated rings. The van der Waals surface area contributed by atoms with Crippen molar-refractivity contribution in [3.05, 3.63) is 54.3 Å². The Bertz CT molecular complexity index is 999. The highest BCUT2D eigenvalue weighted by molar-refractivity contribution is 7.92. The average molecular weight is 461 g/mol. The van der Waals surface area contributed by atoms with Gasteiger partial charge in [0.1, 0.15) is 11.2 Å². The maximum atomic E-state index is 13.7. The van der Waals surface area contributed by atoms with E-state index in [2.05, 4.69) is 44.3 Å². The van der Waals surface area contributed by atoms with E-state index in [1.807, 2.05) is 14.1 Å². The Morgan fingerprint density at radius 3 is 2.28 bits per heavy atom. The van der Waals surface area contributed by atoms with Crippen LogP contribution in [0, 0.1) is 11.7 Å². The molecular formula is C24H33FN4O2S. The molecule has 2 aromatic rings. The summed E-state index contributed by atoms with van der Waals surface area (Å²) in [5, 5.41) is 2.76. The summed E-state index contributed by atoms with van der Waals surface area (Å²) in [5.74, 6) is -0.356. The number of nitrogens with zero attached hydrogens (tertiary/aromatic N) is 3. The molecule has 2 aromatic carbocycles. The van der Waals surface area contributed by atoms with Gasteiger partial charge >= 0.3 is 0 Å². The molecule has 174 valence electrons. The van der Waals surface area contributed by atoms with Gasteiger partial charge in [-0.2, -0.15) is 0 Å². The predicted octanol–water partition coefficient (Wildman–Crippen LogP) is 2.81. The predicted molar refractivity (Wildman–Crippen MR) is 128 cm³/mol. The van der Waals surface area contributed by atoms with Crippen LogP contribution in [-0.4, -0.2) is 72.1 Å². The largest absolute Gasteiger partial charge is 0.378 e. The van der Waals surface area contributed by atoms with Gasteiger partial charge in [-0.3, -0.25) is 4.90 Å². The van der Waals surface area contributed by atoms with Crippen LogP contribution in [0.25, 0.3) is 0 Å². The lowest BCUT2D eigenvalue weighted by atomic mass is 9.96. The van der Waals surface area contributed by atoms with E-state index in [4.69, 9.17) is 0 Å². The maximum absolute atomic E-state index is 13.7. The van der Waals surface area contributed by atoms with Gasteiger partial charge in [0.05, 0.1) is 4.90 Å². The summed E-state index contributed by atoms with van der Waals surface area (Å²) in [6.07, 6.45) is 1.66. The van der Waals surface area contributed by atoms with Crippen molar-refractivity contribution >= 4 is 21.2 Å². The molecule has 32 heavy (non-hydrogen) atoms. The zero-order valence-corrected chi connectivity index (χ0v) is 19.7. The van der Waals surface area contributed by atoms with Crippen molar-refractivity contribution < 1.29 is 12.8 Å². The Balaban J connectivity index is 1.55. The molecule has 1 atom stereocenters. The molecule has 0 bridgehead atoms. The lowest BCUT2D eigenvalue weighted by molar-refractivity contribution is 0.165. The van der Waals surface area contributed by atoms with Gasteiger partial charge in [-0.25, -0.2) is 12.8 Å². The van der Waals surface area contributed by atoms with Crippen molar-refractivity contribution in [3.63, 3.8) is 0 Å². The third kappa shape index (κ3) is 4.92. The number of hydrogen-bond donors (Lipinski definition) is 1. The fourth-order valence-electron chi connectivity index (χ4n) is 4.84. The summed E-state index contributed by atoms with van der Waals surface area (Å²) in [6.45, 7) is 4.58. The number of nitrogens with one attached hydrogen (secondary N) is 1. The number of piperazine rings is 1. The molecule has 0 saturated carbocycles. The summed E-state index contributed by atoms with van der Waals surface area (Å²) in [6, 6.07) is 13.7. The Morgan fingerprint density at radius 1 is 1.00 bits per heavy atom. The molecule has 1 unspecified atom stereocenters. The highest BCUT2D eigenvalue weighted by Gasteiger charge is 2.40. The first-order chi connectivity index (χ1) is 15.4. The normalized spacial score (nSPS) is 19.7. The number of anilines is 2. The monoisotopic (exact) mass is 460 g/mol. The van der Waals surface area contributed by atoms with Crippen molar-refractivity contribution in [1.29, 1.82) is 0 Å².